The van der Waals surface area contributed by atoms with Gasteiger partial charge in [0, 0.05) is 47.1 Å². The number of benzene rings is 2. The molecule has 2 saturated carbocycles. The number of nitrogens with one attached hydrogen (secondary N) is 2. The summed E-state index contributed by atoms with van der Waals surface area (Å²) in [6.45, 7) is 24.0. The molecule has 2 aliphatic carbocycles. The van der Waals surface area contributed by atoms with Crippen molar-refractivity contribution in [1.82, 2.24) is 10.6 Å². The van der Waals surface area contributed by atoms with Crippen molar-refractivity contribution in [3.05, 3.63) is 81.9 Å². The van der Waals surface area contributed by atoms with Crippen LogP contribution < -0.4 is 10.6 Å². The van der Waals surface area contributed by atoms with Crippen LogP contribution in [0.4, 0.5) is 0 Å². The van der Waals surface area contributed by atoms with Crippen LogP contribution in [0.1, 0.15) is 130 Å². The first kappa shape index (κ1) is 38.8. The van der Waals surface area contributed by atoms with E-state index in [1.807, 2.05) is 50.2 Å². The van der Waals surface area contributed by atoms with Crippen molar-refractivity contribution in [3.8, 4) is 0 Å². The van der Waals surface area contributed by atoms with Crippen molar-refractivity contribution in [2.45, 2.75) is 131 Å². The van der Waals surface area contributed by atoms with Gasteiger partial charge in [0.1, 0.15) is 5.78 Å². The number of carbonyl (C=O) groups excluding carboxylic acids is 1. The van der Waals surface area contributed by atoms with Gasteiger partial charge in [0.2, 0.25) is 0 Å². The van der Waals surface area contributed by atoms with Gasteiger partial charge in [-0.05, 0) is 97.1 Å². The summed E-state index contributed by atoms with van der Waals surface area (Å²) in [5.41, 5.74) is 4.63. The standard InChI is InChI=1S/C21H32ClN.C20H30ClNO/c1-15(2)16(3)20(17-8-10-18(22)11-9-17)14-23-19-7-6-12-21(4,5)13-19;1-14(2)19(23)18(15-5-7-16(21)8-6-15)13-22-17-9-11-20(3,4)12-10-17/h8-11,15,19-20,23H,3,6-7,12-14H2,1-2,4-5H3;5-8,14,17-18,22H,9-13H2,1-4H3/t19?,20-;18-/m01/s1. The second-order valence-electron chi connectivity index (χ2n) is 16.2. The average Bonchev–Trinajstić information content (AvgIpc) is 2.99. The highest BCUT2D eigenvalue weighted by Crippen LogP contribution is 2.37. The molecule has 0 heterocycles. The average molecular weight is 670 g/mol. The van der Waals surface area contributed by atoms with E-state index in [1.54, 1.807) is 0 Å². The highest BCUT2D eigenvalue weighted by molar-refractivity contribution is 6.30. The molecule has 2 N–H and O–H groups in total. The van der Waals surface area contributed by atoms with Gasteiger partial charge in [-0.25, -0.2) is 0 Å². The Kier molecular flexibility index (Phi) is 14.9. The molecule has 0 amide bonds. The van der Waals surface area contributed by atoms with Crippen molar-refractivity contribution in [1.29, 1.82) is 0 Å². The van der Waals surface area contributed by atoms with Gasteiger partial charge >= 0.3 is 0 Å². The third-order valence-corrected chi connectivity index (χ3v) is 10.9. The fraction of sp³-hybridized carbons (Fsp3) is 0.634. The van der Waals surface area contributed by atoms with E-state index in [4.69, 9.17) is 23.2 Å². The lowest BCUT2D eigenvalue weighted by Crippen LogP contribution is -2.39. The normalized spacial score (nSPS) is 20.9. The summed E-state index contributed by atoms with van der Waals surface area (Å²) in [5.74, 6) is 1.11. The Hall–Kier alpha value is -1.65. The largest absolute Gasteiger partial charge is 0.313 e. The summed E-state index contributed by atoms with van der Waals surface area (Å²) in [4.78, 5) is 12.6. The number of halogens is 2. The molecule has 2 fully saturated rings. The van der Waals surface area contributed by atoms with Gasteiger partial charge in [0.05, 0.1) is 5.92 Å². The first-order valence-corrected chi connectivity index (χ1v) is 18.5. The van der Waals surface area contributed by atoms with Crippen LogP contribution in [0.3, 0.4) is 0 Å². The number of Topliss-reactive ketones (excluding diaryl/α,β-unsaturated/α-hetero) is 1. The molecule has 0 saturated heterocycles. The molecule has 2 aromatic rings. The third-order valence-electron chi connectivity index (χ3n) is 10.4. The van der Waals surface area contributed by atoms with Crippen LogP contribution in [0.5, 0.6) is 0 Å². The summed E-state index contributed by atoms with van der Waals surface area (Å²) < 4.78 is 0. The maximum atomic E-state index is 12.6. The molecule has 3 atom stereocenters. The van der Waals surface area contributed by atoms with E-state index in [2.05, 4.69) is 70.9 Å². The number of hydrogen-bond acceptors (Lipinski definition) is 3. The molecule has 2 aromatic carbocycles. The summed E-state index contributed by atoms with van der Waals surface area (Å²) in [7, 11) is 0. The Morgan fingerprint density at radius 3 is 1.67 bits per heavy atom. The topological polar surface area (TPSA) is 41.1 Å². The van der Waals surface area contributed by atoms with Gasteiger partial charge in [0.15, 0.2) is 0 Å². The van der Waals surface area contributed by atoms with Crippen LogP contribution in [0.2, 0.25) is 10.0 Å². The van der Waals surface area contributed by atoms with Crippen LogP contribution in [0.25, 0.3) is 0 Å². The lowest BCUT2D eigenvalue weighted by atomic mass is 9.75. The zero-order chi connectivity index (χ0) is 34.1. The van der Waals surface area contributed by atoms with Crippen molar-refractivity contribution >= 4 is 29.0 Å². The van der Waals surface area contributed by atoms with Crippen LogP contribution in [-0.2, 0) is 4.79 Å². The lowest BCUT2D eigenvalue weighted by Gasteiger charge is -2.36. The molecule has 0 radical (unpaired) electrons. The lowest BCUT2D eigenvalue weighted by molar-refractivity contribution is -0.123. The summed E-state index contributed by atoms with van der Waals surface area (Å²) in [6, 6.07) is 17.2. The molecule has 0 aromatic heterocycles. The summed E-state index contributed by atoms with van der Waals surface area (Å²) in [6.07, 6.45) is 10.2. The van der Waals surface area contributed by atoms with E-state index in [-0.39, 0.29) is 11.8 Å². The Bertz CT molecular complexity index is 1220. The van der Waals surface area contributed by atoms with Gasteiger partial charge in [-0.1, -0.05) is 121 Å². The zero-order valence-corrected chi connectivity index (χ0v) is 31.5. The van der Waals surface area contributed by atoms with Gasteiger partial charge < -0.3 is 10.6 Å². The molecule has 5 heteroatoms. The molecule has 256 valence electrons. The highest BCUT2D eigenvalue weighted by Gasteiger charge is 2.30. The van der Waals surface area contributed by atoms with Crippen LogP contribution >= 0.6 is 23.2 Å². The molecule has 4 rings (SSSR count). The monoisotopic (exact) mass is 668 g/mol. The predicted octanol–water partition coefficient (Wildman–Crippen LogP) is 11.4. The Morgan fingerprint density at radius 2 is 1.20 bits per heavy atom. The second kappa shape index (κ2) is 17.7. The Morgan fingerprint density at radius 1 is 0.717 bits per heavy atom. The molecule has 46 heavy (non-hydrogen) atoms. The Labute approximate surface area is 291 Å². The molecule has 2 aliphatic rings. The predicted molar refractivity (Wildman–Crippen MR) is 200 cm³/mol. The van der Waals surface area contributed by atoms with Crippen molar-refractivity contribution in [3.63, 3.8) is 0 Å². The molecule has 0 aliphatic heterocycles. The van der Waals surface area contributed by atoms with Gasteiger partial charge in [-0.15, -0.1) is 0 Å². The maximum Gasteiger partial charge on any atom is 0.144 e. The zero-order valence-electron chi connectivity index (χ0n) is 30.0. The molecule has 3 nitrogen and oxygen atoms in total. The minimum absolute atomic E-state index is 0.0442. The molecule has 0 bridgehead atoms. The number of ketones is 1. The van der Waals surface area contributed by atoms with Gasteiger partial charge in [-0.2, -0.15) is 0 Å². The van der Waals surface area contributed by atoms with Gasteiger partial charge in [-0.3, -0.25) is 4.79 Å². The van der Waals surface area contributed by atoms with Crippen molar-refractivity contribution in [2.24, 2.45) is 22.7 Å². The van der Waals surface area contributed by atoms with Gasteiger partial charge in [0.25, 0.3) is 0 Å². The van der Waals surface area contributed by atoms with E-state index in [0.717, 1.165) is 23.7 Å². The number of rotatable bonds is 12. The van der Waals surface area contributed by atoms with E-state index in [9.17, 15) is 4.79 Å². The third kappa shape index (κ3) is 12.4. The first-order valence-electron chi connectivity index (χ1n) is 17.8. The van der Waals surface area contributed by atoms with E-state index in [1.165, 1.54) is 62.5 Å². The number of carbonyl (C=O) groups is 1. The van der Waals surface area contributed by atoms with Crippen LogP contribution in [0.15, 0.2) is 60.7 Å². The van der Waals surface area contributed by atoms with Crippen LogP contribution in [-0.4, -0.2) is 31.0 Å². The fourth-order valence-electron chi connectivity index (χ4n) is 7.09. The molecular formula is C41H62Cl2N2O. The highest BCUT2D eigenvalue weighted by atomic mass is 35.5. The van der Waals surface area contributed by atoms with E-state index >= 15 is 0 Å². The van der Waals surface area contributed by atoms with E-state index in [0.29, 0.717) is 45.6 Å². The minimum Gasteiger partial charge on any atom is -0.313 e. The number of hydrogen-bond donors (Lipinski definition) is 2. The quantitative estimate of drug-likeness (QED) is 0.221. The molecular weight excluding hydrogens is 607 g/mol. The summed E-state index contributed by atoms with van der Waals surface area (Å²) >= 11 is 12.0. The molecule has 1 unspecified atom stereocenters. The first-order chi connectivity index (χ1) is 21.6. The smallest absolute Gasteiger partial charge is 0.144 e. The van der Waals surface area contributed by atoms with E-state index < -0.39 is 0 Å². The Balaban J connectivity index is 0.000000250. The second-order valence-corrected chi connectivity index (χ2v) is 17.1. The summed E-state index contributed by atoms with van der Waals surface area (Å²) in [5, 5.41) is 9.00. The minimum atomic E-state index is -0.0813. The van der Waals surface area contributed by atoms with Crippen molar-refractivity contribution in [2.75, 3.05) is 13.1 Å². The maximum absolute atomic E-state index is 12.6. The van der Waals surface area contributed by atoms with Crippen molar-refractivity contribution < 1.29 is 4.79 Å². The fourth-order valence-corrected chi connectivity index (χ4v) is 7.34. The molecule has 0 spiro atoms. The van der Waals surface area contributed by atoms with Crippen LogP contribution in [0, 0.1) is 22.7 Å². The SMILES string of the molecule is C=C(C(C)C)[C@H](CNC1CCCC(C)(C)C1)c1ccc(Cl)cc1.CC(C)C(=O)[C@H](CNC1CCC(C)(C)CC1)c1ccc(Cl)cc1.